The van der Waals surface area contributed by atoms with Crippen molar-refractivity contribution in [3.63, 3.8) is 0 Å². The van der Waals surface area contributed by atoms with E-state index >= 15 is 0 Å². The predicted octanol–water partition coefficient (Wildman–Crippen LogP) is 3.03. The van der Waals surface area contributed by atoms with E-state index in [-0.39, 0.29) is 11.4 Å². The van der Waals surface area contributed by atoms with Gasteiger partial charge in [-0.1, -0.05) is 0 Å². The third-order valence-corrected chi connectivity index (χ3v) is 3.31. The molecule has 3 aromatic rings. The molecule has 0 aliphatic carbocycles. The molecule has 0 aliphatic heterocycles. The van der Waals surface area contributed by atoms with E-state index in [2.05, 4.69) is 15.4 Å². The number of nitrogens with one attached hydrogen (secondary N) is 1. The molecule has 0 radical (unpaired) electrons. The molecule has 0 spiro atoms. The van der Waals surface area contributed by atoms with Gasteiger partial charge < -0.3 is 10.4 Å². The molecule has 7 heteroatoms. The molecule has 3 rings (SSSR count). The van der Waals surface area contributed by atoms with Crippen LogP contribution in [0.2, 0.25) is 0 Å². The second-order valence-corrected chi connectivity index (χ2v) is 4.68. The van der Waals surface area contributed by atoms with Gasteiger partial charge in [-0.2, -0.15) is 5.10 Å². The van der Waals surface area contributed by atoms with Crippen molar-refractivity contribution in [3.05, 3.63) is 48.0 Å². The number of hydrogen-bond acceptors (Lipinski definition) is 4. The molecule has 112 valence electrons. The Morgan fingerprint density at radius 2 is 2.05 bits per heavy atom. The number of carboxylic acids is 1. The smallest absolute Gasteiger partial charge is 0.339 e. The molecule has 2 heterocycles. The summed E-state index contributed by atoms with van der Waals surface area (Å²) in [6.07, 6.45) is 2.87. The molecule has 0 amide bonds. The average molecular weight is 300 g/mol. The molecular formula is C15H13FN4O2. The Hall–Kier alpha value is -2.96. The first-order valence-corrected chi connectivity index (χ1v) is 6.70. The summed E-state index contributed by atoms with van der Waals surface area (Å²) in [6, 6.07) is 5.68. The van der Waals surface area contributed by atoms with E-state index in [0.717, 1.165) is 0 Å². The number of aromatic nitrogens is 3. The highest BCUT2D eigenvalue weighted by molar-refractivity contribution is 6.04. The van der Waals surface area contributed by atoms with Gasteiger partial charge in [0.2, 0.25) is 0 Å². The van der Waals surface area contributed by atoms with Gasteiger partial charge in [0.1, 0.15) is 11.4 Å². The normalized spacial score (nSPS) is 10.8. The van der Waals surface area contributed by atoms with Gasteiger partial charge in [-0.25, -0.2) is 18.9 Å². The van der Waals surface area contributed by atoms with Crippen LogP contribution in [-0.4, -0.2) is 25.8 Å². The third-order valence-electron chi connectivity index (χ3n) is 3.31. The summed E-state index contributed by atoms with van der Waals surface area (Å²) < 4.78 is 14.7. The van der Waals surface area contributed by atoms with Gasteiger partial charge in [-0.15, -0.1) is 0 Å². The highest BCUT2D eigenvalue weighted by Crippen LogP contribution is 2.29. The van der Waals surface area contributed by atoms with E-state index in [1.54, 1.807) is 10.9 Å². The maximum atomic E-state index is 13.0. The quantitative estimate of drug-likeness (QED) is 0.774. The van der Waals surface area contributed by atoms with Crippen molar-refractivity contribution in [2.24, 2.45) is 0 Å². The van der Waals surface area contributed by atoms with Crippen molar-refractivity contribution in [3.8, 4) is 0 Å². The molecule has 0 aliphatic rings. The lowest BCUT2D eigenvalue weighted by molar-refractivity contribution is 0.0697. The van der Waals surface area contributed by atoms with Crippen LogP contribution < -0.4 is 5.32 Å². The zero-order chi connectivity index (χ0) is 15.7. The van der Waals surface area contributed by atoms with Gasteiger partial charge >= 0.3 is 5.97 Å². The van der Waals surface area contributed by atoms with Crippen LogP contribution in [0.3, 0.4) is 0 Å². The number of halogens is 1. The lowest BCUT2D eigenvalue weighted by atomic mass is 10.1. The predicted molar refractivity (Wildman–Crippen MR) is 79.8 cm³/mol. The summed E-state index contributed by atoms with van der Waals surface area (Å²) in [4.78, 5) is 15.6. The molecule has 1 aromatic carbocycles. The number of aryl methyl sites for hydroxylation is 1. The Kier molecular flexibility index (Phi) is 3.46. The number of nitrogens with zero attached hydrogens (tertiary/aromatic N) is 3. The number of anilines is 2. The Bertz CT molecular complexity index is 843. The number of rotatable bonds is 4. The summed E-state index contributed by atoms with van der Waals surface area (Å²) in [5, 5.41) is 17.2. The van der Waals surface area contributed by atoms with Crippen LogP contribution >= 0.6 is 0 Å². The Balaban J connectivity index is 2.15. The van der Waals surface area contributed by atoms with Crippen LogP contribution in [0.25, 0.3) is 11.0 Å². The summed E-state index contributed by atoms with van der Waals surface area (Å²) in [5.41, 5.74) is 1.61. The first kappa shape index (κ1) is 14.0. The molecule has 2 aromatic heterocycles. The molecule has 2 N–H and O–H groups in total. The van der Waals surface area contributed by atoms with Crippen molar-refractivity contribution in [1.29, 1.82) is 0 Å². The zero-order valence-corrected chi connectivity index (χ0v) is 11.7. The minimum Gasteiger partial charge on any atom is -0.478 e. The molecule has 0 unspecified atom stereocenters. The van der Waals surface area contributed by atoms with Crippen molar-refractivity contribution in [2.45, 2.75) is 13.5 Å². The van der Waals surface area contributed by atoms with Gasteiger partial charge in [0.15, 0.2) is 5.65 Å². The SMILES string of the molecule is CCn1ncc2c(Nc3ccc(F)cc3)c(C(=O)O)cnc21. The van der Waals surface area contributed by atoms with Crippen LogP contribution in [0.15, 0.2) is 36.7 Å². The Morgan fingerprint density at radius 1 is 1.32 bits per heavy atom. The standard InChI is InChI=1S/C15H13FN4O2/c1-2-20-14-11(8-18-20)13(12(7-17-14)15(21)22)19-10-5-3-9(16)4-6-10/h3-8H,2H2,1H3,(H,17,19)(H,21,22). The van der Waals surface area contributed by atoms with E-state index in [9.17, 15) is 14.3 Å². The van der Waals surface area contributed by atoms with Crippen molar-refractivity contribution >= 4 is 28.4 Å². The fraction of sp³-hybridized carbons (Fsp3) is 0.133. The first-order valence-electron chi connectivity index (χ1n) is 6.70. The fourth-order valence-corrected chi connectivity index (χ4v) is 2.23. The monoisotopic (exact) mass is 300 g/mol. The number of aromatic carboxylic acids is 1. The molecule has 0 saturated heterocycles. The Morgan fingerprint density at radius 3 is 2.68 bits per heavy atom. The van der Waals surface area contributed by atoms with Crippen molar-refractivity contribution in [2.75, 3.05) is 5.32 Å². The fourth-order valence-electron chi connectivity index (χ4n) is 2.23. The average Bonchev–Trinajstić information content (AvgIpc) is 2.93. The molecule has 22 heavy (non-hydrogen) atoms. The summed E-state index contributed by atoms with van der Waals surface area (Å²) in [7, 11) is 0. The lowest BCUT2D eigenvalue weighted by Crippen LogP contribution is -2.05. The Labute approximate surface area is 125 Å². The van der Waals surface area contributed by atoms with Gasteiger partial charge in [0.25, 0.3) is 0 Å². The number of carboxylic acid groups (broad SMARTS) is 1. The van der Waals surface area contributed by atoms with Crippen molar-refractivity contribution < 1.29 is 14.3 Å². The van der Waals surface area contributed by atoms with Crippen LogP contribution in [-0.2, 0) is 6.54 Å². The largest absolute Gasteiger partial charge is 0.478 e. The summed E-state index contributed by atoms with van der Waals surface area (Å²) >= 11 is 0. The number of carbonyl (C=O) groups is 1. The summed E-state index contributed by atoms with van der Waals surface area (Å²) in [5.74, 6) is -1.45. The molecule has 0 bridgehead atoms. The van der Waals surface area contributed by atoms with Crippen molar-refractivity contribution in [1.82, 2.24) is 14.8 Å². The minimum atomic E-state index is -1.09. The maximum absolute atomic E-state index is 13.0. The van der Waals surface area contributed by atoms with E-state index < -0.39 is 5.97 Å². The van der Waals surface area contributed by atoms with Gasteiger partial charge in [0, 0.05) is 18.4 Å². The second-order valence-electron chi connectivity index (χ2n) is 4.68. The lowest BCUT2D eigenvalue weighted by Gasteiger charge is -2.11. The van der Waals surface area contributed by atoms with Gasteiger partial charge in [-0.3, -0.25) is 0 Å². The molecule has 6 nitrogen and oxygen atoms in total. The summed E-state index contributed by atoms with van der Waals surface area (Å²) in [6.45, 7) is 2.55. The zero-order valence-electron chi connectivity index (χ0n) is 11.7. The number of hydrogen-bond donors (Lipinski definition) is 2. The van der Waals surface area contributed by atoms with Crippen LogP contribution in [0, 0.1) is 5.82 Å². The number of fused-ring (bicyclic) bond motifs is 1. The highest BCUT2D eigenvalue weighted by atomic mass is 19.1. The van der Waals surface area contributed by atoms with E-state index in [0.29, 0.717) is 29.0 Å². The number of pyridine rings is 1. The van der Waals surface area contributed by atoms with Crippen LogP contribution in [0.4, 0.5) is 15.8 Å². The molecule has 0 fully saturated rings. The van der Waals surface area contributed by atoms with E-state index in [1.165, 1.54) is 30.5 Å². The first-order chi connectivity index (χ1) is 10.6. The third kappa shape index (κ3) is 2.37. The topological polar surface area (TPSA) is 80.0 Å². The highest BCUT2D eigenvalue weighted by Gasteiger charge is 2.17. The molecular weight excluding hydrogens is 287 g/mol. The second kappa shape index (κ2) is 5.44. The van der Waals surface area contributed by atoms with Gasteiger partial charge in [-0.05, 0) is 31.2 Å². The maximum Gasteiger partial charge on any atom is 0.339 e. The number of benzene rings is 1. The van der Waals surface area contributed by atoms with Gasteiger partial charge in [0.05, 0.1) is 17.3 Å². The van der Waals surface area contributed by atoms with E-state index in [4.69, 9.17) is 0 Å². The van der Waals surface area contributed by atoms with Crippen LogP contribution in [0.1, 0.15) is 17.3 Å². The molecule has 0 atom stereocenters. The van der Waals surface area contributed by atoms with E-state index in [1.807, 2.05) is 6.92 Å². The van der Waals surface area contributed by atoms with Crippen LogP contribution in [0.5, 0.6) is 0 Å². The minimum absolute atomic E-state index is 0.0347. The molecule has 0 saturated carbocycles.